The van der Waals surface area contributed by atoms with Crippen molar-refractivity contribution in [3.8, 4) is 16.9 Å². The van der Waals surface area contributed by atoms with Gasteiger partial charge in [0.25, 0.3) is 0 Å². The maximum Gasteiger partial charge on any atom is 0.336 e. The monoisotopic (exact) mass is 442 g/mol. The van der Waals surface area contributed by atoms with Crippen LogP contribution in [-0.2, 0) is 12.8 Å². The number of pyridine rings is 1. The Hall–Kier alpha value is -3.18. The van der Waals surface area contributed by atoms with E-state index < -0.39 is 5.97 Å². The number of aromatic carboxylic acids is 1. The van der Waals surface area contributed by atoms with Crippen LogP contribution < -0.4 is 10.1 Å². The average Bonchev–Trinajstić information content (AvgIpc) is 3.66. The highest BCUT2D eigenvalue weighted by atomic mass is 16.5. The molecule has 0 bridgehead atoms. The lowest BCUT2D eigenvalue weighted by Gasteiger charge is -2.28. The zero-order valence-corrected chi connectivity index (χ0v) is 19.0. The van der Waals surface area contributed by atoms with Gasteiger partial charge in [-0.3, -0.25) is 4.98 Å². The Bertz CT molecular complexity index is 1170. The number of aryl methyl sites for hydroxylation is 2. The van der Waals surface area contributed by atoms with Crippen molar-refractivity contribution in [2.75, 3.05) is 13.2 Å². The van der Waals surface area contributed by atoms with Crippen molar-refractivity contribution in [2.24, 2.45) is 5.92 Å². The Kier molecular flexibility index (Phi) is 6.14. The number of hydrogen-bond donors (Lipinski definition) is 2. The summed E-state index contributed by atoms with van der Waals surface area (Å²) in [7, 11) is 0. The van der Waals surface area contributed by atoms with Crippen LogP contribution in [0.25, 0.3) is 11.1 Å². The molecule has 3 aromatic rings. The smallest absolute Gasteiger partial charge is 0.336 e. The molecule has 1 saturated carbocycles. The molecule has 0 unspecified atom stereocenters. The van der Waals surface area contributed by atoms with E-state index in [1.807, 2.05) is 0 Å². The fraction of sp³-hybridized carbons (Fsp3) is 0.357. The highest BCUT2D eigenvalue weighted by molar-refractivity contribution is 5.89. The highest BCUT2D eigenvalue weighted by Crippen LogP contribution is 2.34. The third kappa shape index (κ3) is 4.93. The third-order valence-electron chi connectivity index (χ3n) is 6.83. The second-order valence-corrected chi connectivity index (χ2v) is 9.28. The molecule has 1 fully saturated rings. The van der Waals surface area contributed by atoms with Crippen LogP contribution in [0.2, 0.25) is 0 Å². The van der Waals surface area contributed by atoms with Gasteiger partial charge in [-0.2, -0.15) is 0 Å². The molecule has 1 atom stereocenters. The number of benzene rings is 2. The van der Waals surface area contributed by atoms with Gasteiger partial charge in [-0.05, 0) is 103 Å². The molecule has 33 heavy (non-hydrogen) atoms. The first-order valence-corrected chi connectivity index (χ1v) is 11.8. The summed E-state index contributed by atoms with van der Waals surface area (Å²) in [5.41, 5.74) is 7.52. The topological polar surface area (TPSA) is 71.5 Å². The Balaban J connectivity index is 1.32. The number of carbonyl (C=O) groups is 1. The lowest BCUT2D eigenvalue weighted by molar-refractivity contribution is 0.0695. The first-order valence-electron chi connectivity index (χ1n) is 11.8. The molecular formula is C28H30N2O3. The van der Waals surface area contributed by atoms with Crippen molar-refractivity contribution in [3.63, 3.8) is 0 Å². The molecule has 5 heteroatoms. The molecule has 1 aliphatic heterocycles. The molecule has 2 heterocycles. The number of aromatic nitrogens is 1. The van der Waals surface area contributed by atoms with Crippen molar-refractivity contribution in [1.82, 2.24) is 10.3 Å². The van der Waals surface area contributed by atoms with Gasteiger partial charge in [0.1, 0.15) is 5.75 Å². The summed E-state index contributed by atoms with van der Waals surface area (Å²) in [4.78, 5) is 15.6. The zero-order valence-electron chi connectivity index (χ0n) is 19.0. The fourth-order valence-electron chi connectivity index (χ4n) is 4.76. The maximum absolute atomic E-state index is 11.5. The number of hydrogen-bond acceptors (Lipinski definition) is 4. The molecule has 0 amide bonds. The molecule has 1 aromatic heterocycles. The Morgan fingerprint density at radius 3 is 2.85 bits per heavy atom. The number of fused-ring (bicyclic) bond motifs is 1. The van der Waals surface area contributed by atoms with Crippen molar-refractivity contribution in [1.29, 1.82) is 0 Å². The lowest BCUT2D eigenvalue weighted by Crippen LogP contribution is -2.30. The van der Waals surface area contributed by atoms with E-state index in [1.54, 1.807) is 12.3 Å². The first kappa shape index (κ1) is 21.7. The highest BCUT2D eigenvalue weighted by Gasteiger charge is 2.23. The molecule has 0 spiro atoms. The summed E-state index contributed by atoms with van der Waals surface area (Å²) in [6.07, 6.45) is 8.32. The van der Waals surface area contributed by atoms with Crippen molar-refractivity contribution in [2.45, 2.75) is 45.1 Å². The largest absolute Gasteiger partial charge is 0.493 e. The van der Waals surface area contributed by atoms with Crippen LogP contribution in [0.15, 0.2) is 54.9 Å². The third-order valence-corrected chi connectivity index (χ3v) is 6.83. The van der Waals surface area contributed by atoms with Crippen molar-refractivity contribution < 1.29 is 14.6 Å². The molecule has 2 N–H and O–H groups in total. The van der Waals surface area contributed by atoms with Crippen molar-refractivity contribution in [3.05, 3.63) is 82.7 Å². The molecule has 2 aromatic carbocycles. The van der Waals surface area contributed by atoms with E-state index in [-0.39, 0.29) is 6.04 Å². The summed E-state index contributed by atoms with van der Waals surface area (Å²) in [6.45, 7) is 3.91. The van der Waals surface area contributed by atoms with Gasteiger partial charge < -0.3 is 15.2 Å². The summed E-state index contributed by atoms with van der Waals surface area (Å²) in [5, 5.41) is 13.1. The van der Waals surface area contributed by atoms with Gasteiger partial charge in [-0.1, -0.05) is 24.3 Å². The molecule has 0 radical (unpaired) electrons. The number of carboxylic acid groups (broad SMARTS) is 1. The van der Waals surface area contributed by atoms with Crippen LogP contribution in [-0.4, -0.2) is 29.2 Å². The molecule has 2 aliphatic rings. The molecule has 170 valence electrons. The van der Waals surface area contributed by atoms with Gasteiger partial charge >= 0.3 is 5.97 Å². The van der Waals surface area contributed by atoms with Crippen LogP contribution in [0.1, 0.15) is 57.9 Å². The Morgan fingerprint density at radius 2 is 2.06 bits per heavy atom. The number of nitrogens with one attached hydrogen (secondary N) is 1. The minimum atomic E-state index is -0.895. The predicted octanol–water partition coefficient (Wildman–Crippen LogP) is 5.36. The van der Waals surface area contributed by atoms with Crippen LogP contribution in [0.5, 0.6) is 5.75 Å². The molecule has 0 saturated heterocycles. The van der Waals surface area contributed by atoms with E-state index in [1.165, 1.54) is 46.9 Å². The first-order chi connectivity index (χ1) is 16.1. The molecule has 5 nitrogen and oxygen atoms in total. The van der Waals surface area contributed by atoms with E-state index in [0.29, 0.717) is 12.0 Å². The summed E-state index contributed by atoms with van der Waals surface area (Å²) < 4.78 is 5.94. The fourth-order valence-corrected chi connectivity index (χ4v) is 4.76. The molecular weight excluding hydrogens is 412 g/mol. The van der Waals surface area contributed by atoms with Gasteiger partial charge in [0.2, 0.25) is 0 Å². The van der Waals surface area contributed by atoms with Crippen LogP contribution in [0.3, 0.4) is 0 Å². The minimum Gasteiger partial charge on any atom is -0.493 e. The van der Waals surface area contributed by atoms with Gasteiger partial charge in [0.15, 0.2) is 0 Å². The van der Waals surface area contributed by atoms with E-state index in [4.69, 9.17) is 4.74 Å². The lowest BCUT2D eigenvalue weighted by atomic mass is 9.87. The van der Waals surface area contributed by atoms with Crippen LogP contribution in [0, 0.1) is 12.8 Å². The van der Waals surface area contributed by atoms with Crippen LogP contribution in [0.4, 0.5) is 0 Å². The quantitative estimate of drug-likeness (QED) is 0.491. The minimum absolute atomic E-state index is 0.212. The summed E-state index contributed by atoms with van der Waals surface area (Å²) in [6, 6.07) is 15.0. The van der Waals surface area contributed by atoms with Crippen LogP contribution >= 0.6 is 0 Å². The van der Waals surface area contributed by atoms with Crippen molar-refractivity contribution >= 4 is 5.97 Å². The Labute approximate surface area is 194 Å². The second-order valence-electron chi connectivity index (χ2n) is 9.28. The average molecular weight is 443 g/mol. The van der Waals surface area contributed by atoms with E-state index in [0.717, 1.165) is 43.2 Å². The van der Waals surface area contributed by atoms with Gasteiger partial charge in [0, 0.05) is 18.4 Å². The maximum atomic E-state index is 11.5. The molecule has 1 aliphatic carbocycles. The second kappa shape index (κ2) is 9.36. The van der Waals surface area contributed by atoms with E-state index in [9.17, 15) is 9.90 Å². The van der Waals surface area contributed by atoms with Gasteiger partial charge in [-0.15, -0.1) is 0 Å². The number of ether oxygens (including phenoxy) is 1. The number of rotatable bonds is 8. The molecule has 5 rings (SSSR count). The Morgan fingerprint density at radius 1 is 1.18 bits per heavy atom. The number of carboxylic acids is 1. The summed E-state index contributed by atoms with van der Waals surface area (Å²) >= 11 is 0. The number of nitrogens with zero attached hydrogens (tertiary/aromatic N) is 1. The van der Waals surface area contributed by atoms with Gasteiger partial charge in [-0.25, -0.2) is 4.79 Å². The summed E-state index contributed by atoms with van der Waals surface area (Å²) in [5.74, 6) is 0.816. The zero-order chi connectivity index (χ0) is 22.8. The SMILES string of the molecule is Cc1cc(OCC2CC2)ccc1-c1ccc2c(c1)CCN[C@H]2CCc1cnccc1C(=O)O. The standard InChI is InChI=1S/C28H30N2O3/c1-18-14-23(33-17-19-2-3-19)6-8-24(18)20-4-7-25-21(15-20)10-13-30-27(25)9-5-22-16-29-12-11-26(22)28(31)32/h4,6-8,11-12,14-16,19,27,30H,2-3,5,9-10,13,17H2,1H3,(H,31,32)/t27-/m0/s1. The van der Waals surface area contributed by atoms with E-state index >= 15 is 0 Å². The predicted molar refractivity (Wildman–Crippen MR) is 129 cm³/mol. The van der Waals surface area contributed by atoms with Gasteiger partial charge in [0.05, 0.1) is 12.2 Å². The van der Waals surface area contributed by atoms with E-state index in [2.05, 4.69) is 53.6 Å². The normalized spacial score (nSPS) is 17.4.